The molecular formula is C31H41N7S4. The third-order valence-electron chi connectivity index (χ3n) is 7.07. The predicted octanol–water partition coefficient (Wildman–Crippen LogP) is 7.41. The van der Waals surface area contributed by atoms with Gasteiger partial charge in [0.1, 0.15) is 21.4 Å². The Hall–Kier alpha value is -2.07. The van der Waals surface area contributed by atoms with Crippen LogP contribution in [0.15, 0.2) is 52.5 Å². The van der Waals surface area contributed by atoms with Crippen molar-refractivity contribution in [3.05, 3.63) is 59.4 Å². The first-order valence-corrected chi connectivity index (χ1v) is 18.1. The van der Waals surface area contributed by atoms with Gasteiger partial charge in [0.15, 0.2) is 0 Å². The van der Waals surface area contributed by atoms with E-state index in [9.17, 15) is 0 Å². The van der Waals surface area contributed by atoms with Gasteiger partial charge in [-0.25, -0.2) is 0 Å². The zero-order valence-electron chi connectivity index (χ0n) is 24.7. The molecule has 0 saturated carbocycles. The van der Waals surface area contributed by atoms with Gasteiger partial charge in [0.25, 0.3) is 0 Å². The smallest absolute Gasteiger partial charge is 0.138 e. The predicted molar refractivity (Wildman–Crippen MR) is 180 cm³/mol. The van der Waals surface area contributed by atoms with Crippen molar-refractivity contribution in [3.8, 4) is 6.07 Å². The highest BCUT2D eigenvalue weighted by Gasteiger charge is 2.18. The summed E-state index contributed by atoms with van der Waals surface area (Å²) < 4.78 is 17.9. The molecule has 0 N–H and O–H groups in total. The van der Waals surface area contributed by atoms with Gasteiger partial charge in [0, 0.05) is 32.6 Å². The van der Waals surface area contributed by atoms with E-state index in [2.05, 4.69) is 89.9 Å². The maximum absolute atomic E-state index is 8.49. The van der Waals surface area contributed by atoms with Crippen LogP contribution < -0.4 is 0 Å². The van der Waals surface area contributed by atoms with Crippen LogP contribution in [0, 0.1) is 11.3 Å². The fourth-order valence-electron chi connectivity index (χ4n) is 4.81. The van der Waals surface area contributed by atoms with E-state index >= 15 is 0 Å². The molecule has 2 aliphatic rings. The minimum absolute atomic E-state index is 0.674. The first-order valence-electron chi connectivity index (χ1n) is 14.7. The van der Waals surface area contributed by atoms with Crippen LogP contribution in [0.4, 0.5) is 0 Å². The van der Waals surface area contributed by atoms with Crippen LogP contribution in [0.1, 0.15) is 61.9 Å². The van der Waals surface area contributed by atoms with Crippen molar-refractivity contribution in [2.24, 2.45) is 0 Å². The highest BCUT2D eigenvalue weighted by atomic mass is 32.2. The normalized spacial score (nSPS) is 15.8. The zero-order valence-corrected chi connectivity index (χ0v) is 28.0. The molecule has 5 rings (SSSR count). The van der Waals surface area contributed by atoms with Crippen LogP contribution in [-0.4, -0.2) is 79.1 Å². The summed E-state index contributed by atoms with van der Waals surface area (Å²) in [6, 6.07) is 12.9. The van der Waals surface area contributed by atoms with Crippen molar-refractivity contribution in [3.63, 3.8) is 0 Å². The van der Waals surface area contributed by atoms with Gasteiger partial charge in [-0.1, -0.05) is 48.9 Å². The molecule has 0 spiro atoms. The second-order valence-corrected chi connectivity index (χ2v) is 13.8. The third kappa shape index (κ3) is 10.9. The number of nitrogens with zero attached hydrogens (tertiary/aromatic N) is 7. The number of unbranched alkanes of at least 4 members (excludes halogenated alkanes) is 3. The van der Waals surface area contributed by atoms with Gasteiger partial charge >= 0.3 is 0 Å². The van der Waals surface area contributed by atoms with E-state index in [-0.39, 0.29) is 0 Å². The molecule has 0 fully saturated rings. The van der Waals surface area contributed by atoms with Crippen molar-refractivity contribution >= 4 is 58.1 Å². The molecule has 0 unspecified atom stereocenters. The average Bonchev–Trinajstić information content (AvgIpc) is 3.68. The van der Waals surface area contributed by atoms with Crippen molar-refractivity contribution in [2.45, 2.75) is 61.4 Å². The highest BCUT2D eigenvalue weighted by Crippen LogP contribution is 2.30. The van der Waals surface area contributed by atoms with Crippen molar-refractivity contribution in [2.75, 3.05) is 51.8 Å². The zero-order chi connectivity index (χ0) is 29.4. The first-order chi connectivity index (χ1) is 20.6. The summed E-state index contributed by atoms with van der Waals surface area (Å²) in [6.07, 6.45) is 13.1. The number of thioether (sulfide) groups is 2. The van der Waals surface area contributed by atoms with Crippen molar-refractivity contribution < 1.29 is 0 Å². The Bertz CT molecular complexity index is 1310. The quantitative estimate of drug-likeness (QED) is 0.140. The lowest BCUT2D eigenvalue weighted by atomic mass is 10.1. The standard InChI is InChI=1S/C17H21N3S2.C14H20N4S2/c1-20-11-5-10-15(13-20)16-17(19-22-18-16)21-12-6-9-14-7-3-2-4-8-14;1-18-9-6-7-12(11-18)13-14(17-20-16-13)19-10-5-3-2-4-8-15/h2-4,7-8,10H,5-6,9,11-13H2,1H3;7H,2-6,9-11H2,1H3. The second-order valence-electron chi connectivity index (χ2n) is 10.6. The van der Waals surface area contributed by atoms with Gasteiger partial charge in [0.2, 0.25) is 0 Å². The summed E-state index contributed by atoms with van der Waals surface area (Å²) in [7, 11) is 4.31. The van der Waals surface area contributed by atoms with Gasteiger partial charge in [0.05, 0.1) is 29.5 Å². The molecule has 4 heterocycles. The van der Waals surface area contributed by atoms with Crippen LogP contribution in [-0.2, 0) is 6.42 Å². The Labute approximate surface area is 268 Å². The third-order valence-corrected chi connectivity index (χ3v) is 10.5. The number of nitriles is 1. The Morgan fingerprint density at radius 1 is 0.762 bits per heavy atom. The van der Waals surface area contributed by atoms with Crippen molar-refractivity contribution in [1.29, 1.82) is 5.26 Å². The molecule has 0 radical (unpaired) electrons. The van der Waals surface area contributed by atoms with E-state index in [1.165, 1.54) is 46.6 Å². The summed E-state index contributed by atoms with van der Waals surface area (Å²) >= 11 is 6.29. The first kappa shape index (κ1) is 32.8. The molecule has 2 aliphatic heterocycles. The molecule has 3 aromatic rings. The number of aryl methyl sites for hydroxylation is 1. The van der Waals surface area contributed by atoms with Crippen LogP contribution in [0.5, 0.6) is 0 Å². The SMILES string of the molecule is CN1CCC=C(c2nsnc2SCCCCCC#N)C1.CN1CCC=C(c2nsnc2SCCCc2ccccc2)C1. The van der Waals surface area contributed by atoms with Crippen LogP contribution >= 0.6 is 47.0 Å². The molecule has 0 amide bonds. The molecule has 0 atom stereocenters. The Morgan fingerprint density at radius 2 is 1.33 bits per heavy atom. The topological polar surface area (TPSA) is 81.8 Å². The summed E-state index contributed by atoms with van der Waals surface area (Å²) in [6.45, 7) is 4.23. The Kier molecular flexibility index (Phi) is 14.5. The lowest BCUT2D eigenvalue weighted by molar-refractivity contribution is 0.372. The minimum Gasteiger partial charge on any atom is -0.302 e. The molecule has 0 bridgehead atoms. The molecule has 224 valence electrons. The van der Waals surface area contributed by atoms with E-state index in [1.54, 1.807) is 11.8 Å². The lowest BCUT2D eigenvalue weighted by Gasteiger charge is -2.22. The molecule has 1 aromatic carbocycles. The number of aromatic nitrogens is 4. The van der Waals surface area contributed by atoms with Gasteiger partial charge in [-0.05, 0) is 80.8 Å². The minimum atomic E-state index is 0.674. The maximum atomic E-state index is 8.49. The van der Waals surface area contributed by atoms with Crippen molar-refractivity contribution in [1.82, 2.24) is 27.3 Å². The van der Waals surface area contributed by atoms with E-state index < -0.39 is 0 Å². The number of hydrogen-bond acceptors (Lipinski definition) is 11. The summed E-state index contributed by atoms with van der Waals surface area (Å²) in [5.74, 6) is 2.16. The second kappa shape index (κ2) is 18.6. The maximum Gasteiger partial charge on any atom is 0.138 e. The van der Waals surface area contributed by atoms with E-state index in [0.29, 0.717) is 6.42 Å². The van der Waals surface area contributed by atoms with Crippen LogP contribution in [0.2, 0.25) is 0 Å². The molecule has 7 nitrogen and oxygen atoms in total. The van der Waals surface area contributed by atoms with Gasteiger partial charge < -0.3 is 9.80 Å². The average molecular weight is 640 g/mol. The largest absolute Gasteiger partial charge is 0.302 e. The molecular weight excluding hydrogens is 599 g/mol. The molecule has 0 saturated heterocycles. The number of likely N-dealkylation sites (N-methyl/N-ethyl adjacent to an activating group) is 2. The number of rotatable bonds is 13. The van der Waals surface area contributed by atoms with E-state index in [1.807, 2.05) is 11.8 Å². The van der Waals surface area contributed by atoms with E-state index in [4.69, 9.17) is 5.26 Å². The molecule has 11 heteroatoms. The van der Waals surface area contributed by atoms with E-state index in [0.717, 1.165) is 97.6 Å². The monoisotopic (exact) mass is 639 g/mol. The Morgan fingerprint density at radius 3 is 1.88 bits per heavy atom. The summed E-state index contributed by atoms with van der Waals surface area (Å²) in [4.78, 5) is 4.67. The summed E-state index contributed by atoms with van der Waals surface area (Å²) in [5, 5.41) is 10.7. The lowest BCUT2D eigenvalue weighted by Crippen LogP contribution is -2.25. The Balaban J connectivity index is 0.000000194. The van der Waals surface area contributed by atoms with Gasteiger partial charge in [-0.15, -0.1) is 23.5 Å². The summed E-state index contributed by atoms with van der Waals surface area (Å²) in [5.41, 5.74) is 6.27. The number of hydrogen-bond donors (Lipinski definition) is 0. The fraction of sp³-hybridized carbons (Fsp3) is 0.516. The van der Waals surface area contributed by atoms with Crippen LogP contribution in [0.25, 0.3) is 11.1 Å². The van der Waals surface area contributed by atoms with Crippen LogP contribution in [0.3, 0.4) is 0 Å². The highest BCUT2D eigenvalue weighted by molar-refractivity contribution is 7.99. The van der Waals surface area contributed by atoms with Gasteiger partial charge in [-0.2, -0.15) is 22.8 Å². The molecule has 0 aliphatic carbocycles. The molecule has 2 aromatic heterocycles. The fourth-order valence-corrected chi connectivity index (χ4v) is 8.18. The van der Waals surface area contributed by atoms with Gasteiger partial charge in [-0.3, -0.25) is 0 Å². The molecule has 42 heavy (non-hydrogen) atoms. The number of benzene rings is 1.